The van der Waals surface area contributed by atoms with E-state index in [1.807, 2.05) is 30.3 Å². The second-order valence-electron chi connectivity index (χ2n) is 5.45. The molecule has 0 fully saturated rings. The Bertz CT molecular complexity index is 582. The first-order valence-electron chi connectivity index (χ1n) is 8.31. The number of rotatable bonds is 12. The van der Waals surface area contributed by atoms with Crippen LogP contribution in [0.25, 0.3) is 0 Å². The van der Waals surface area contributed by atoms with Crippen LogP contribution in [0.1, 0.15) is 25.8 Å². The van der Waals surface area contributed by atoms with Crippen LogP contribution in [0, 0.1) is 5.92 Å². The third-order valence-corrected chi connectivity index (χ3v) is 5.62. The molecule has 0 saturated heterocycles. The molecule has 0 aliphatic rings. The fourth-order valence-electron chi connectivity index (χ4n) is 2.38. The van der Waals surface area contributed by atoms with E-state index in [1.54, 1.807) is 13.8 Å². The molecule has 1 aromatic rings. The van der Waals surface area contributed by atoms with Crippen LogP contribution in [0.2, 0.25) is 0 Å². The Kier molecular flexibility index (Phi) is 9.42. The Labute approximate surface area is 148 Å². The molecule has 0 aliphatic carbocycles. The number of hydrogen-bond donors (Lipinski definition) is 2. The van der Waals surface area contributed by atoms with Gasteiger partial charge in [-0.05, 0) is 25.8 Å². The molecule has 0 radical (unpaired) electrons. The van der Waals surface area contributed by atoms with Crippen LogP contribution in [-0.2, 0) is 29.6 Å². The zero-order valence-electron chi connectivity index (χ0n) is 14.6. The molecule has 1 rings (SSSR count). The zero-order chi connectivity index (χ0) is 18.7. The summed E-state index contributed by atoms with van der Waals surface area (Å²) < 4.78 is 23.4. The lowest BCUT2D eigenvalue weighted by Crippen LogP contribution is -2.35. The maximum atomic E-state index is 12.8. The molecule has 0 saturated carbocycles. The van der Waals surface area contributed by atoms with Crippen LogP contribution in [0.5, 0.6) is 0 Å². The predicted octanol–water partition coefficient (Wildman–Crippen LogP) is 2.70. The van der Waals surface area contributed by atoms with Crippen molar-refractivity contribution in [3.63, 3.8) is 0 Å². The molecule has 1 aromatic carbocycles. The summed E-state index contributed by atoms with van der Waals surface area (Å²) in [5, 5.41) is 11.3. The highest BCUT2D eigenvalue weighted by Crippen LogP contribution is 2.50. The lowest BCUT2D eigenvalue weighted by molar-refractivity contribution is -0.137. The van der Waals surface area contributed by atoms with E-state index in [2.05, 4.69) is 5.32 Å². The highest BCUT2D eigenvalue weighted by atomic mass is 31.2. The largest absolute Gasteiger partial charge is 0.481 e. The number of nitrogens with one attached hydrogen (secondary N) is 1. The Morgan fingerprint density at radius 2 is 1.76 bits per heavy atom. The average molecular weight is 371 g/mol. The van der Waals surface area contributed by atoms with Crippen LogP contribution in [0.4, 0.5) is 0 Å². The molecule has 0 aromatic heterocycles. The van der Waals surface area contributed by atoms with Crippen molar-refractivity contribution in [2.75, 3.05) is 25.9 Å². The molecule has 0 heterocycles. The second-order valence-corrected chi connectivity index (χ2v) is 7.55. The van der Waals surface area contributed by atoms with Gasteiger partial charge in [-0.15, -0.1) is 0 Å². The Balaban J connectivity index is 2.87. The molecular formula is C17H26NO6P. The normalized spacial score (nSPS) is 12.6. The first-order valence-corrected chi connectivity index (χ1v) is 10.0. The maximum absolute atomic E-state index is 12.8. The summed E-state index contributed by atoms with van der Waals surface area (Å²) >= 11 is 0. The summed E-state index contributed by atoms with van der Waals surface area (Å²) in [6.07, 6.45) is 0.144. The summed E-state index contributed by atoms with van der Waals surface area (Å²) in [5.41, 5.74) is 0.917. The molecule has 8 heteroatoms. The predicted molar refractivity (Wildman–Crippen MR) is 94.6 cm³/mol. The first-order chi connectivity index (χ1) is 11.9. The third-order valence-electron chi connectivity index (χ3n) is 3.43. The second kappa shape index (κ2) is 11.0. The Hall–Kier alpha value is -1.69. The zero-order valence-corrected chi connectivity index (χ0v) is 15.5. The van der Waals surface area contributed by atoms with E-state index in [0.717, 1.165) is 5.56 Å². The number of hydrogen-bond acceptors (Lipinski definition) is 5. The molecule has 25 heavy (non-hydrogen) atoms. The SMILES string of the molecule is CCOP(=O)(CC(Cc1ccccc1)C(=O)NCCC(=O)O)OCC. The first kappa shape index (κ1) is 21.4. The van der Waals surface area contributed by atoms with Crippen molar-refractivity contribution in [3.05, 3.63) is 35.9 Å². The molecular weight excluding hydrogens is 345 g/mol. The van der Waals surface area contributed by atoms with Crippen molar-refractivity contribution in [2.24, 2.45) is 5.92 Å². The van der Waals surface area contributed by atoms with Gasteiger partial charge >= 0.3 is 13.6 Å². The highest BCUT2D eigenvalue weighted by molar-refractivity contribution is 7.53. The van der Waals surface area contributed by atoms with E-state index in [-0.39, 0.29) is 38.2 Å². The Morgan fingerprint density at radius 1 is 1.16 bits per heavy atom. The number of benzene rings is 1. The van der Waals surface area contributed by atoms with E-state index in [4.69, 9.17) is 14.2 Å². The minimum absolute atomic E-state index is 0.0209. The number of aliphatic carboxylic acids is 1. The number of carbonyl (C=O) groups excluding carboxylic acids is 1. The van der Waals surface area contributed by atoms with Crippen LogP contribution in [-0.4, -0.2) is 42.9 Å². The van der Waals surface area contributed by atoms with Crippen LogP contribution in [0.3, 0.4) is 0 Å². The van der Waals surface area contributed by atoms with Crippen molar-refractivity contribution in [3.8, 4) is 0 Å². The number of carboxylic acid groups (broad SMARTS) is 1. The van der Waals surface area contributed by atoms with E-state index >= 15 is 0 Å². The van der Waals surface area contributed by atoms with Gasteiger partial charge in [-0.25, -0.2) is 0 Å². The van der Waals surface area contributed by atoms with Crippen molar-refractivity contribution in [1.82, 2.24) is 5.32 Å². The molecule has 0 bridgehead atoms. The van der Waals surface area contributed by atoms with Crippen molar-refractivity contribution in [1.29, 1.82) is 0 Å². The molecule has 0 aliphatic heterocycles. The van der Waals surface area contributed by atoms with Crippen molar-refractivity contribution in [2.45, 2.75) is 26.7 Å². The van der Waals surface area contributed by atoms with E-state index in [0.29, 0.717) is 6.42 Å². The Morgan fingerprint density at radius 3 is 2.28 bits per heavy atom. The van der Waals surface area contributed by atoms with Crippen LogP contribution in [0.15, 0.2) is 30.3 Å². The van der Waals surface area contributed by atoms with E-state index in [1.165, 1.54) is 0 Å². The molecule has 1 atom stereocenters. The number of amides is 1. The van der Waals surface area contributed by atoms with E-state index in [9.17, 15) is 14.2 Å². The van der Waals surface area contributed by atoms with Gasteiger partial charge in [0.25, 0.3) is 0 Å². The summed E-state index contributed by atoms with van der Waals surface area (Å²) in [7, 11) is -3.39. The summed E-state index contributed by atoms with van der Waals surface area (Å²) in [6.45, 7) is 3.88. The standard InChI is InChI=1S/C17H26NO6P/c1-3-23-25(22,24-4-2)13-15(12-14-8-6-5-7-9-14)17(21)18-11-10-16(19)20/h5-9,15H,3-4,10-13H2,1-2H3,(H,18,21)(H,19,20). The van der Waals surface area contributed by atoms with E-state index < -0.39 is 19.5 Å². The van der Waals surface area contributed by atoms with Gasteiger partial charge in [0, 0.05) is 6.54 Å². The summed E-state index contributed by atoms with van der Waals surface area (Å²) in [6, 6.07) is 9.35. The van der Waals surface area contributed by atoms with Crippen LogP contribution >= 0.6 is 7.60 Å². The molecule has 0 spiro atoms. The van der Waals surface area contributed by atoms with Gasteiger partial charge in [0.15, 0.2) is 0 Å². The molecule has 1 unspecified atom stereocenters. The van der Waals surface area contributed by atoms with Gasteiger partial charge in [-0.1, -0.05) is 30.3 Å². The van der Waals surface area contributed by atoms with Crippen molar-refractivity contribution >= 4 is 19.5 Å². The number of carboxylic acids is 1. The lowest BCUT2D eigenvalue weighted by Gasteiger charge is -2.23. The van der Waals surface area contributed by atoms with Gasteiger partial charge in [0.2, 0.25) is 5.91 Å². The van der Waals surface area contributed by atoms with Gasteiger partial charge in [0.05, 0.1) is 31.7 Å². The van der Waals surface area contributed by atoms with Gasteiger partial charge in [-0.2, -0.15) is 0 Å². The van der Waals surface area contributed by atoms with Crippen LogP contribution < -0.4 is 5.32 Å². The monoisotopic (exact) mass is 371 g/mol. The summed E-state index contributed by atoms with van der Waals surface area (Å²) in [5.74, 6) is -1.99. The smallest absolute Gasteiger partial charge is 0.331 e. The summed E-state index contributed by atoms with van der Waals surface area (Å²) in [4.78, 5) is 23.1. The molecule has 140 valence electrons. The van der Waals surface area contributed by atoms with Crippen molar-refractivity contribution < 1.29 is 28.3 Å². The van der Waals surface area contributed by atoms with Gasteiger partial charge < -0.3 is 19.5 Å². The highest BCUT2D eigenvalue weighted by Gasteiger charge is 2.32. The van der Waals surface area contributed by atoms with Gasteiger partial charge in [0.1, 0.15) is 0 Å². The fourth-order valence-corrected chi connectivity index (χ4v) is 4.29. The minimum atomic E-state index is -3.39. The topological polar surface area (TPSA) is 102 Å². The molecule has 1 amide bonds. The number of carbonyl (C=O) groups is 2. The quantitative estimate of drug-likeness (QED) is 0.548. The lowest BCUT2D eigenvalue weighted by atomic mass is 10.0. The maximum Gasteiger partial charge on any atom is 0.331 e. The molecule has 2 N–H and O–H groups in total. The molecule has 7 nitrogen and oxygen atoms in total. The fraction of sp³-hybridized carbons (Fsp3) is 0.529. The van der Waals surface area contributed by atoms with Gasteiger partial charge in [-0.3, -0.25) is 14.2 Å². The minimum Gasteiger partial charge on any atom is -0.481 e. The average Bonchev–Trinajstić information content (AvgIpc) is 2.55. The third kappa shape index (κ3) is 8.29.